The van der Waals surface area contributed by atoms with E-state index in [9.17, 15) is 13.2 Å². The van der Waals surface area contributed by atoms with Crippen LogP contribution in [-0.2, 0) is 10.0 Å². The fourth-order valence-electron chi connectivity index (χ4n) is 3.72. The molecule has 0 unspecified atom stereocenters. The summed E-state index contributed by atoms with van der Waals surface area (Å²) >= 11 is 0. The molecule has 1 amide bonds. The number of carbonyl (C=O) groups is 1. The van der Waals surface area contributed by atoms with E-state index in [2.05, 4.69) is 10.3 Å². The molecule has 2 N–H and O–H groups in total. The Morgan fingerprint density at radius 3 is 2.24 bits per heavy atom. The SMILES string of the molecule is CCN(CC)S(=O)(=O)c1cc(NC(=O)c2cc3c(OC)cc(OC)c(OC)c3[nH]2)ccc1C. The average molecular weight is 476 g/mol. The molecule has 33 heavy (non-hydrogen) atoms. The number of benzene rings is 2. The van der Waals surface area contributed by atoms with Crippen molar-refractivity contribution >= 4 is 32.5 Å². The van der Waals surface area contributed by atoms with Crippen molar-refractivity contribution in [3.8, 4) is 17.2 Å². The molecule has 10 heteroatoms. The van der Waals surface area contributed by atoms with Crippen LogP contribution in [0.3, 0.4) is 0 Å². The third-order valence-corrected chi connectivity index (χ3v) is 7.65. The molecule has 3 aromatic rings. The summed E-state index contributed by atoms with van der Waals surface area (Å²) in [5.74, 6) is 0.973. The molecule has 0 bridgehead atoms. The number of nitrogens with one attached hydrogen (secondary N) is 2. The zero-order chi connectivity index (χ0) is 24.3. The second kappa shape index (κ2) is 9.72. The van der Waals surface area contributed by atoms with Gasteiger partial charge in [-0.15, -0.1) is 0 Å². The van der Waals surface area contributed by atoms with Crippen LogP contribution in [0, 0.1) is 6.92 Å². The van der Waals surface area contributed by atoms with Gasteiger partial charge in [0.15, 0.2) is 11.5 Å². The Hall–Kier alpha value is -3.24. The number of H-pyrrole nitrogens is 1. The summed E-state index contributed by atoms with van der Waals surface area (Å²) in [4.78, 5) is 16.2. The van der Waals surface area contributed by atoms with Gasteiger partial charge >= 0.3 is 0 Å². The van der Waals surface area contributed by atoms with Gasteiger partial charge in [-0.25, -0.2) is 8.42 Å². The number of nitrogens with zero attached hydrogens (tertiary/aromatic N) is 1. The van der Waals surface area contributed by atoms with Crippen molar-refractivity contribution in [1.29, 1.82) is 0 Å². The minimum Gasteiger partial charge on any atom is -0.496 e. The topological polar surface area (TPSA) is 110 Å². The van der Waals surface area contributed by atoms with Crippen molar-refractivity contribution in [3.05, 3.63) is 41.6 Å². The monoisotopic (exact) mass is 475 g/mol. The van der Waals surface area contributed by atoms with Crippen LogP contribution < -0.4 is 19.5 Å². The Bertz CT molecular complexity index is 1280. The van der Waals surface area contributed by atoms with Crippen molar-refractivity contribution in [2.75, 3.05) is 39.7 Å². The van der Waals surface area contributed by atoms with E-state index in [4.69, 9.17) is 14.2 Å². The molecule has 1 aromatic heterocycles. The number of aromatic amines is 1. The molecule has 0 atom stereocenters. The van der Waals surface area contributed by atoms with Gasteiger partial charge in [0.25, 0.3) is 5.91 Å². The quantitative estimate of drug-likeness (QED) is 0.487. The fraction of sp³-hybridized carbons (Fsp3) is 0.348. The smallest absolute Gasteiger partial charge is 0.272 e. The maximum absolute atomic E-state index is 13.0. The van der Waals surface area contributed by atoms with Gasteiger partial charge < -0.3 is 24.5 Å². The summed E-state index contributed by atoms with van der Waals surface area (Å²) in [7, 11) is 0.875. The summed E-state index contributed by atoms with van der Waals surface area (Å²) in [6.07, 6.45) is 0. The van der Waals surface area contributed by atoms with Crippen molar-refractivity contribution in [2.45, 2.75) is 25.7 Å². The van der Waals surface area contributed by atoms with Crippen LogP contribution in [0.15, 0.2) is 35.2 Å². The van der Waals surface area contributed by atoms with Gasteiger partial charge in [0.05, 0.1) is 31.7 Å². The highest BCUT2D eigenvalue weighted by Crippen LogP contribution is 2.41. The second-order valence-corrected chi connectivity index (χ2v) is 9.22. The number of hydrogen-bond donors (Lipinski definition) is 2. The van der Waals surface area contributed by atoms with E-state index in [0.29, 0.717) is 52.5 Å². The molecular formula is C23H29N3O6S. The van der Waals surface area contributed by atoms with E-state index in [0.717, 1.165) is 0 Å². The minimum absolute atomic E-state index is 0.161. The molecule has 0 aliphatic rings. The van der Waals surface area contributed by atoms with Crippen LogP contribution in [0.2, 0.25) is 0 Å². The van der Waals surface area contributed by atoms with Crippen LogP contribution in [-0.4, -0.2) is 58.0 Å². The lowest BCUT2D eigenvalue weighted by molar-refractivity contribution is 0.102. The zero-order valence-electron chi connectivity index (χ0n) is 19.6. The number of carbonyl (C=O) groups excluding carboxylic acids is 1. The van der Waals surface area contributed by atoms with E-state index in [-0.39, 0.29) is 10.6 Å². The molecule has 2 aromatic carbocycles. The van der Waals surface area contributed by atoms with Gasteiger partial charge in [-0.2, -0.15) is 4.31 Å². The molecule has 0 aliphatic carbocycles. The summed E-state index contributed by atoms with van der Waals surface area (Å²) in [5.41, 5.74) is 1.77. The van der Waals surface area contributed by atoms with E-state index in [1.165, 1.54) is 31.7 Å². The molecule has 0 saturated heterocycles. The van der Waals surface area contributed by atoms with Crippen molar-refractivity contribution < 1.29 is 27.4 Å². The van der Waals surface area contributed by atoms with Crippen LogP contribution in [0.25, 0.3) is 10.9 Å². The minimum atomic E-state index is -3.67. The molecule has 0 saturated carbocycles. The normalized spacial score (nSPS) is 11.6. The number of ether oxygens (including phenoxy) is 3. The van der Waals surface area contributed by atoms with Gasteiger partial charge in [-0.3, -0.25) is 4.79 Å². The maximum Gasteiger partial charge on any atom is 0.272 e. The molecule has 0 aliphatic heterocycles. The molecule has 0 fully saturated rings. The lowest BCUT2D eigenvalue weighted by Crippen LogP contribution is -2.31. The Balaban J connectivity index is 2.00. The largest absolute Gasteiger partial charge is 0.496 e. The number of aryl methyl sites for hydroxylation is 1. The first kappa shape index (κ1) is 24.4. The first-order valence-electron chi connectivity index (χ1n) is 10.5. The Labute approximate surface area is 193 Å². The number of sulfonamides is 1. The highest BCUT2D eigenvalue weighted by Gasteiger charge is 2.25. The summed E-state index contributed by atoms with van der Waals surface area (Å²) in [6, 6.07) is 8.15. The number of methoxy groups -OCH3 is 3. The number of fused-ring (bicyclic) bond motifs is 1. The van der Waals surface area contributed by atoms with Crippen LogP contribution >= 0.6 is 0 Å². The molecule has 0 radical (unpaired) electrons. The van der Waals surface area contributed by atoms with E-state index >= 15 is 0 Å². The van der Waals surface area contributed by atoms with Crippen molar-refractivity contribution in [3.63, 3.8) is 0 Å². The van der Waals surface area contributed by atoms with Gasteiger partial charge in [0, 0.05) is 30.2 Å². The van der Waals surface area contributed by atoms with Crippen LogP contribution in [0.5, 0.6) is 17.2 Å². The third kappa shape index (κ3) is 4.49. The first-order valence-corrected chi connectivity index (χ1v) is 11.9. The van der Waals surface area contributed by atoms with E-state index < -0.39 is 15.9 Å². The molecule has 9 nitrogen and oxygen atoms in total. The van der Waals surface area contributed by atoms with E-state index in [1.807, 2.05) is 0 Å². The molecule has 3 rings (SSSR count). The van der Waals surface area contributed by atoms with Crippen LogP contribution in [0.1, 0.15) is 29.9 Å². The first-order chi connectivity index (χ1) is 15.7. The highest BCUT2D eigenvalue weighted by atomic mass is 32.2. The Morgan fingerprint density at radius 2 is 1.67 bits per heavy atom. The lowest BCUT2D eigenvalue weighted by atomic mass is 10.2. The van der Waals surface area contributed by atoms with Crippen molar-refractivity contribution in [2.24, 2.45) is 0 Å². The second-order valence-electron chi connectivity index (χ2n) is 7.31. The van der Waals surface area contributed by atoms with Gasteiger partial charge in [-0.05, 0) is 30.7 Å². The summed E-state index contributed by atoms with van der Waals surface area (Å²) in [5, 5.41) is 3.42. The predicted octanol–water partition coefficient (Wildman–Crippen LogP) is 3.78. The average Bonchev–Trinajstić information content (AvgIpc) is 3.25. The summed E-state index contributed by atoms with van der Waals surface area (Å²) in [6.45, 7) is 6.02. The van der Waals surface area contributed by atoms with Crippen LogP contribution in [0.4, 0.5) is 5.69 Å². The zero-order valence-corrected chi connectivity index (χ0v) is 20.4. The van der Waals surface area contributed by atoms with Gasteiger partial charge in [0.1, 0.15) is 11.4 Å². The number of amides is 1. The maximum atomic E-state index is 13.0. The summed E-state index contributed by atoms with van der Waals surface area (Å²) < 4.78 is 43.6. The Morgan fingerprint density at radius 1 is 1.00 bits per heavy atom. The lowest BCUT2D eigenvalue weighted by Gasteiger charge is -2.20. The van der Waals surface area contributed by atoms with Gasteiger partial charge in [0.2, 0.25) is 10.0 Å². The predicted molar refractivity (Wildman–Crippen MR) is 127 cm³/mol. The molecular weight excluding hydrogens is 446 g/mol. The van der Waals surface area contributed by atoms with Gasteiger partial charge in [-0.1, -0.05) is 19.9 Å². The highest BCUT2D eigenvalue weighted by molar-refractivity contribution is 7.89. The third-order valence-electron chi connectivity index (χ3n) is 5.45. The fourth-order valence-corrected chi connectivity index (χ4v) is 5.42. The standard InChI is InChI=1S/C23H29N3O6S/c1-7-26(8-2)33(28,29)20-11-15(10-9-14(20)3)24-23(27)17-12-16-18(30-4)13-19(31-5)22(32-6)21(16)25-17/h9-13,25H,7-8H2,1-6H3,(H,24,27). The molecule has 0 spiro atoms. The molecule has 178 valence electrons. The number of rotatable bonds is 9. The molecule has 1 heterocycles. The number of aromatic nitrogens is 1. The van der Waals surface area contributed by atoms with Crippen molar-refractivity contribution in [1.82, 2.24) is 9.29 Å². The Kier molecular flexibility index (Phi) is 7.19. The van der Waals surface area contributed by atoms with E-state index in [1.54, 1.807) is 45.0 Å². The number of hydrogen-bond acceptors (Lipinski definition) is 6. The number of anilines is 1.